The van der Waals surface area contributed by atoms with E-state index in [-0.39, 0.29) is 14.7 Å². The molecule has 2 aromatic carbocycles. The quantitative estimate of drug-likeness (QED) is 0.229. The second-order valence-corrected chi connectivity index (χ2v) is 6.46. The number of phenols is 1. The first-order valence-corrected chi connectivity index (χ1v) is 8.62. The number of nitrogens with zero attached hydrogens (tertiary/aromatic N) is 2. The minimum Gasteiger partial charge on any atom is -0.501 e. The molecule has 0 bridgehead atoms. The van der Waals surface area contributed by atoms with Crippen LogP contribution in [0.4, 0.5) is 11.4 Å². The van der Waals surface area contributed by atoms with Crippen LogP contribution < -0.4 is 5.32 Å². The number of halogens is 1. The molecule has 0 heterocycles. The summed E-state index contributed by atoms with van der Waals surface area (Å²) in [5.41, 5.74) is 1.23. The van der Waals surface area contributed by atoms with E-state index in [9.17, 15) is 25.3 Å². The third-order valence-electron chi connectivity index (χ3n) is 3.56. The molecular formula is C18H14IN3O4. The molecule has 0 aliphatic heterocycles. The highest BCUT2D eigenvalue weighted by atomic mass is 127. The molecule has 0 saturated carbocycles. The monoisotopic (exact) mass is 463 g/mol. The van der Waals surface area contributed by atoms with Gasteiger partial charge >= 0.3 is 5.69 Å². The van der Waals surface area contributed by atoms with Crippen molar-refractivity contribution in [2.75, 3.05) is 5.32 Å². The summed E-state index contributed by atoms with van der Waals surface area (Å²) >= 11 is 1.74. The standard InChI is InChI=1S/C18H14IN3O4/c1-2-11-3-5-14(6-4-11)21-18(24)13(10-20)7-12-8-15(19)17(23)16(9-12)22(25)26/h3-9,23H,2H2,1H3,(H,21,24)/b13-7+. The third kappa shape index (κ3) is 4.58. The number of nitrogens with one attached hydrogen (secondary N) is 1. The molecule has 0 unspecified atom stereocenters. The molecule has 0 spiro atoms. The van der Waals surface area contributed by atoms with E-state index in [2.05, 4.69) is 5.32 Å². The Hall–Kier alpha value is -2.93. The minimum absolute atomic E-state index is 0.208. The van der Waals surface area contributed by atoms with Crippen LogP contribution in [0.25, 0.3) is 6.08 Å². The maximum Gasteiger partial charge on any atom is 0.312 e. The maximum absolute atomic E-state index is 12.3. The van der Waals surface area contributed by atoms with Crippen molar-refractivity contribution in [3.8, 4) is 11.8 Å². The number of nitriles is 1. The van der Waals surface area contributed by atoms with Crippen molar-refractivity contribution in [2.24, 2.45) is 0 Å². The summed E-state index contributed by atoms with van der Waals surface area (Å²) in [6.07, 6.45) is 2.11. The number of anilines is 1. The molecule has 0 fully saturated rings. The summed E-state index contributed by atoms with van der Waals surface area (Å²) in [5.74, 6) is -1.07. The van der Waals surface area contributed by atoms with Gasteiger partial charge in [0.15, 0.2) is 0 Å². The molecule has 2 N–H and O–H groups in total. The number of hydrogen-bond donors (Lipinski definition) is 2. The first-order chi connectivity index (χ1) is 12.3. The van der Waals surface area contributed by atoms with E-state index in [0.29, 0.717) is 5.69 Å². The van der Waals surface area contributed by atoms with E-state index in [1.165, 1.54) is 12.1 Å². The molecule has 2 rings (SSSR count). The Kier molecular flexibility index (Phi) is 6.30. The highest BCUT2D eigenvalue weighted by molar-refractivity contribution is 14.1. The van der Waals surface area contributed by atoms with Gasteiger partial charge in [-0.05, 0) is 64.4 Å². The summed E-state index contributed by atoms with van der Waals surface area (Å²) in [6.45, 7) is 2.02. The first kappa shape index (κ1) is 19.4. The molecule has 7 nitrogen and oxygen atoms in total. The van der Waals surface area contributed by atoms with E-state index in [1.54, 1.807) is 40.8 Å². The van der Waals surface area contributed by atoms with Crippen molar-refractivity contribution < 1.29 is 14.8 Å². The Morgan fingerprint density at radius 2 is 2.04 bits per heavy atom. The normalized spacial score (nSPS) is 10.9. The average Bonchev–Trinajstić information content (AvgIpc) is 2.62. The number of nitro groups is 1. The third-order valence-corrected chi connectivity index (χ3v) is 4.38. The van der Waals surface area contributed by atoms with Gasteiger partial charge in [-0.1, -0.05) is 19.1 Å². The van der Waals surface area contributed by atoms with E-state index < -0.39 is 22.3 Å². The van der Waals surface area contributed by atoms with Crippen LogP contribution in [-0.2, 0) is 11.2 Å². The van der Waals surface area contributed by atoms with Crippen molar-refractivity contribution in [3.05, 3.63) is 66.8 Å². The second kappa shape index (κ2) is 8.44. The number of carbonyl (C=O) groups excluding carboxylic acids is 1. The largest absolute Gasteiger partial charge is 0.501 e. The molecular weight excluding hydrogens is 449 g/mol. The fraction of sp³-hybridized carbons (Fsp3) is 0.111. The van der Waals surface area contributed by atoms with Gasteiger partial charge < -0.3 is 10.4 Å². The lowest BCUT2D eigenvalue weighted by molar-refractivity contribution is -0.386. The lowest BCUT2D eigenvalue weighted by Crippen LogP contribution is -2.13. The number of aryl methyl sites for hydroxylation is 1. The van der Waals surface area contributed by atoms with E-state index >= 15 is 0 Å². The lowest BCUT2D eigenvalue weighted by Gasteiger charge is -2.06. The van der Waals surface area contributed by atoms with Crippen LogP contribution in [0.15, 0.2) is 42.0 Å². The van der Waals surface area contributed by atoms with Crippen LogP contribution in [0, 0.1) is 25.0 Å². The number of phenolic OH excluding ortho intramolecular Hbond substituents is 1. The zero-order valence-corrected chi connectivity index (χ0v) is 15.9. The topological polar surface area (TPSA) is 116 Å². The SMILES string of the molecule is CCc1ccc(NC(=O)/C(C#N)=C/c2cc(I)c(O)c([N+](=O)[O-])c2)cc1. The number of benzene rings is 2. The summed E-state index contributed by atoms with van der Waals surface area (Å²) in [4.78, 5) is 22.5. The Morgan fingerprint density at radius 3 is 2.58 bits per heavy atom. The fourth-order valence-electron chi connectivity index (χ4n) is 2.16. The molecule has 0 saturated heterocycles. The van der Waals surface area contributed by atoms with Crippen LogP contribution in [0.1, 0.15) is 18.1 Å². The molecule has 26 heavy (non-hydrogen) atoms. The number of nitro benzene ring substituents is 1. The van der Waals surface area contributed by atoms with Crippen LogP contribution in [0.2, 0.25) is 0 Å². The minimum atomic E-state index is -0.726. The molecule has 132 valence electrons. The molecule has 0 aromatic heterocycles. The predicted octanol–water partition coefficient (Wildman–Crippen LogP) is 4.01. The Morgan fingerprint density at radius 1 is 1.38 bits per heavy atom. The van der Waals surface area contributed by atoms with Crippen LogP contribution in [0.5, 0.6) is 5.75 Å². The highest BCUT2D eigenvalue weighted by Crippen LogP contribution is 2.33. The number of carbonyl (C=O) groups is 1. The molecule has 0 radical (unpaired) electrons. The first-order valence-electron chi connectivity index (χ1n) is 7.54. The van der Waals surface area contributed by atoms with Gasteiger partial charge in [-0.2, -0.15) is 5.26 Å². The van der Waals surface area contributed by atoms with Gasteiger partial charge in [-0.3, -0.25) is 14.9 Å². The van der Waals surface area contributed by atoms with E-state index in [4.69, 9.17) is 0 Å². The smallest absolute Gasteiger partial charge is 0.312 e. The number of rotatable bonds is 5. The summed E-state index contributed by atoms with van der Waals surface area (Å²) in [7, 11) is 0. The lowest BCUT2D eigenvalue weighted by atomic mass is 10.1. The van der Waals surface area contributed by atoms with Crippen LogP contribution in [-0.4, -0.2) is 15.9 Å². The Labute approximate surface area is 163 Å². The summed E-state index contributed by atoms with van der Waals surface area (Å²) < 4.78 is 0.246. The molecule has 0 aliphatic carbocycles. The maximum atomic E-state index is 12.3. The van der Waals surface area contributed by atoms with Gasteiger partial charge in [0, 0.05) is 11.8 Å². The van der Waals surface area contributed by atoms with Crippen molar-refractivity contribution in [1.29, 1.82) is 5.26 Å². The molecule has 2 aromatic rings. The van der Waals surface area contributed by atoms with Crippen molar-refractivity contribution in [3.63, 3.8) is 0 Å². The Balaban J connectivity index is 2.30. The summed E-state index contributed by atoms with van der Waals surface area (Å²) in [6, 6.07) is 11.6. The van der Waals surface area contributed by atoms with Gasteiger partial charge in [0.05, 0.1) is 8.49 Å². The zero-order chi connectivity index (χ0) is 19.3. The number of hydrogen-bond acceptors (Lipinski definition) is 5. The Bertz CT molecular complexity index is 931. The second-order valence-electron chi connectivity index (χ2n) is 5.30. The molecule has 0 aliphatic rings. The molecule has 8 heteroatoms. The predicted molar refractivity (Wildman–Crippen MR) is 106 cm³/mol. The number of amides is 1. The van der Waals surface area contributed by atoms with Crippen LogP contribution in [0.3, 0.4) is 0 Å². The van der Waals surface area contributed by atoms with Gasteiger partial charge in [-0.15, -0.1) is 0 Å². The van der Waals surface area contributed by atoms with E-state index in [0.717, 1.165) is 18.1 Å². The average molecular weight is 463 g/mol. The van der Waals surface area contributed by atoms with Crippen molar-refractivity contribution >= 4 is 45.9 Å². The van der Waals surface area contributed by atoms with Crippen molar-refractivity contribution in [1.82, 2.24) is 0 Å². The van der Waals surface area contributed by atoms with E-state index in [1.807, 2.05) is 19.1 Å². The van der Waals surface area contributed by atoms with Gasteiger partial charge in [0.2, 0.25) is 5.75 Å². The summed E-state index contributed by atoms with van der Waals surface area (Å²) in [5, 5.41) is 32.6. The molecule has 1 amide bonds. The van der Waals surface area contributed by atoms with Crippen LogP contribution >= 0.6 is 22.6 Å². The van der Waals surface area contributed by atoms with Gasteiger partial charge in [0.25, 0.3) is 5.91 Å². The van der Waals surface area contributed by atoms with Gasteiger partial charge in [-0.25, -0.2) is 0 Å². The zero-order valence-electron chi connectivity index (χ0n) is 13.7. The highest BCUT2D eigenvalue weighted by Gasteiger charge is 2.18. The molecule has 0 atom stereocenters. The number of aromatic hydroxyl groups is 1. The fourth-order valence-corrected chi connectivity index (χ4v) is 2.80. The van der Waals surface area contributed by atoms with Gasteiger partial charge in [0.1, 0.15) is 11.6 Å². The van der Waals surface area contributed by atoms with Crippen molar-refractivity contribution in [2.45, 2.75) is 13.3 Å².